The predicted octanol–water partition coefficient (Wildman–Crippen LogP) is -0.167. The molecule has 2 saturated heterocycles. The first-order valence-electron chi connectivity index (χ1n) is 6.08. The molecule has 0 unspecified atom stereocenters. The Morgan fingerprint density at radius 1 is 1.50 bits per heavy atom. The molecule has 0 radical (unpaired) electrons. The Bertz CT molecular complexity index is 426. The van der Waals surface area contributed by atoms with Crippen LogP contribution in [0.25, 0.3) is 0 Å². The molecular formula is C12H15NO5. The predicted molar refractivity (Wildman–Crippen MR) is 59.5 cm³/mol. The molecule has 1 atom stereocenters. The SMILES string of the molecule is CCOC(=O)[C@]12C=CC(=O)N1CC1(C2)OCCO1. The summed E-state index contributed by atoms with van der Waals surface area (Å²) in [5.74, 6) is -1.45. The van der Waals surface area contributed by atoms with E-state index in [1.807, 2.05) is 0 Å². The molecule has 3 aliphatic heterocycles. The average Bonchev–Trinajstić information content (AvgIpc) is 3.00. The molecule has 98 valence electrons. The van der Waals surface area contributed by atoms with Crippen molar-refractivity contribution in [3.05, 3.63) is 12.2 Å². The number of esters is 1. The number of rotatable bonds is 2. The number of ether oxygens (including phenoxy) is 3. The van der Waals surface area contributed by atoms with Crippen LogP contribution >= 0.6 is 0 Å². The molecule has 0 bridgehead atoms. The van der Waals surface area contributed by atoms with E-state index in [9.17, 15) is 9.59 Å². The number of nitrogens with zero attached hydrogens (tertiary/aromatic N) is 1. The van der Waals surface area contributed by atoms with Gasteiger partial charge in [-0.3, -0.25) is 4.79 Å². The van der Waals surface area contributed by atoms with Crippen molar-refractivity contribution >= 4 is 11.9 Å². The highest BCUT2D eigenvalue weighted by Gasteiger charge is 2.63. The highest BCUT2D eigenvalue weighted by molar-refractivity contribution is 6.00. The number of carbonyl (C=O) groups is 2. The molecule has 0 N–H and O–H groups in total. The van der Waals surface area contributed by atoms with Crippen molar-refractivity contribution in [2.45, 2.75) is 24.7 Å². The third-order valence-corrected chi connectivity index (χ3v) is 3.63. The minimum Gasteiger partial charge on any atom is -0.464 e. The standard InChI is InChI=1S/C12H15NO5/c1-2-16-10(15)11-4-3-9(14)13(11)8-12(7-11)17-5-6-18-12/h3-4H,2,5-8H2,1H3/t11-/m1/s1. The monoisotopic (exact) mass is 253 g/mol. The molecule has 3 rings (SSSR count). The molecule has 2 fully saturated rings. The van der Waals surface area contributed by atoms with Crippen LogP contribution in [0.15, 0.2) is 12.2 Å². The third kappa shape index (κ3) is 1.42. The minimum atomic E-state index is -1.04. The fraction of sp³-hybridized carbons (Fsp3) is 0.667. The van der Waals surface area contributed by atoms with Gasteiger partial charge in [-0.2, -0.15) is 0 Å². The van der Waals surface area contributed by atoms with Crippen molar-refractivity contribution < 1.29 is 23.8 Å². The first kappa shape index (κ1) is 11.7. The van der Waals surface area contributed by atoms with E-state index in [4.69, 9.17) is 14.2 Å². The van der Waals surface area contributed by atoms with Crippen molar-refractivity contribution in [2.75, 3.05) is 26.4 Å². The summed E-state index contributed by atoms with van der Waals surface area (Å²) < 4.78 is 16.2. The van der Waals surface area contributed by atoms with Gasteiger partial charge in [0.2, 0.25) is 5.91 Å². The fourth-order valence-electron chi connectivity index (χ4n) is 2.86. The largest absolute Gasteiger partial charge is 0.464 e. The van der Waals surface area contributed by atoms with E-state index < -0.39 is 17.3 Å². The van der Waals surface area contributed by atoms with Gasteiger partial charge in [-0.05, 0) is 13.0 Å². The van der Waals surface area contributed by atoms with Gasteiger partial charge in [0.05, 0.1) is 26.4 Å². The van der Waals surface area contributed by atoms with Crippen LogP contribution in [0.1, 0.15) is 13.3 Å². The van der Waals surface area contributed by atoms with Crippen molar-refractivity contribution in [1.29, 1.82) is 0 Å². The zero-order valence-corrected chi connectivity index (χ0v) is 10.2. The molecule has 0 aromatic carbocycles. The lowest BCUT2D eigenvalue weighted by molar-refractivity contribution is -0.158. The van der Waals surface area contributed by atoms with Crippen LogP contribution < -0.4 is 0 Å². The van der Waals surface area contributed by atoms with Crippen LogP contribution in [0.5, 0.6) is 0 Å². The van der Waals surface area contributed by atoms with E-state index in [0.717, 1.165) is 0 Å². The second kappa shape index (κ2) is 3.80. The molecule has 3 aliphatic rings. The van der Waals surface area contributed by atoms with Crippen molar-refractivity contribution in [3.63, 3.8) is 0 Å². The van der Waals surface area contributed by atoms with Gasteiger partial charge in [-0.25, -0.2) is 4.79 Å². The number of hydrogen-bond donors (Lipinski definition) is 0. The summed E-state index contributed by atoms with van der Waals surface area (Å²) in [7, 11) is 0. The average molecular weight is 253 g/mol. The Hall–Kier alpha value is -1.40. The van der Waals surface area contributed by atoms with E-state index in [-0.39, 0.29) is 19.1 Å². The number of hydrogen-bond acceptors (Lipinski definition) is 5. The second-order valence-corrected chi connectivity index (χ2v) is 4.69. The lowest BCUT2D eigenvalue weighted by Gasteiger charge is -2.27. The summed E-state index contributed by atoms with van der Waals surface area (Å²) in [5.41, 5.74) is -1.04. The van der Waals surface area contributed by atoms with E-state index >= 15 is 0 Å². The molecule has 0 aromatic rings. The highest BCUT2D eigenvalue weighted by Crippen LogP contribution is 2.45. The number of carbonyl (C=O) groups excluding carboxylic acids is 2. The van der Waals surface area contributed by atoms with Gasteiger partial charge in [0.15, 0.2) is 11.3 Å². The first-order chi connectivity index (χ1) is 8.62. The molecule has 0 aliphatic carbocycles. The molecule has 1 spiro atoms. The highest BCUT2D eigenvalue weighted by atomic mass is 16.7. The van der Waals surface area contributed by atoms with Gasteiger partial charge >= 0.3 is 5.97 Å². The Morgan fingerprint density at radius 2 is 2.22 bits per heavy atom. The fourth-order valence-corrected chi connectivity index (χ4v) is 2.86. The second-order valence-electron chi connectivity index (χ2n) is 4.69. The maximum absolute atomic E-state index is 12.2. The molecule has 18 heavy (non-hydrogen) atoms. The first-order valence-corrected chi connectivity index (χ1v) is 6.08. The van der Waals surface area contributed by atoms with Gasteiger partial charge in [-0.15, -0.1) is 0 Å². The van der Waals surface area contributed by atoms with Gasteiger partial charge < -0.3 is 19.1 Å². The zero-order valence-electron chi connectivity index (χ0n) is 10.2. The minimum absolute atomic E-state index is 0.195. The molecule has 0 saturated carbocycles. The topological polar surface area (TPSA) is 65.1 Å². The van der Waals surface area contributed by atoms with Gasteiger partial charge in [0.25, 0.3) is 0 Å². The summed E-state index contributed by atoms with van der Waals surface area (Å²) in [6.45, 7) is 3.28. The van der Waals surface area contributed by atoms with Crippen LogP contribution in [0, 0.1) is 0 Å². The Balaban J connectivity index is 1.93. The normalized spacial score (nSPS) is 32.3. The van der Waals surface area contributed by atoms with Gasteiger partial charge in [0, 0.05) is 12.5 Å². The summed E-state index contributed by atoms with van der Waals surface area (Å²) in [4.78, 5) is 25.5. The van der Waals surface area contributed by atoms with Gasteiger partial charge in [-0.1, -0.05) is 0 Å². The Labute approximate surface area is 104 Å². The van der Waals surface area contributed by atoms with Gasteiger partial charge in [0.1, 0.15) is 0 Å². The summed E-state index contributed by atoms with van der Waals surface area (Å²) in [6, 6.07) is 0. The summed E-state index contributed by atoms with van der Waals surface area (Å²) >= 11 is 0. The van der Waals surface area contributed by atoms with Crippen LogP contribution in [0.2, 0.25) is 0 Å². The van der Waals surface area contributed by atoms with Crippen LogP contribution in [0.3, 0.4) is 0 Å². The van der Waals surface area contributed by atoms with Crippen LogP contribution in [0.4, 0.5) is 0 Å². The van der Waals surface area contributed by atoms with E-state index in [2.05, 4.69) is 0 Å². The van der Waals surface area contributed by atoms with Crippen molar-refractivity contribution in [1.82, 2.24) is 4.90 Å². The molecule has 6 heteroatoms. The van der Waals surface area contributed by atoms with E-state index in [1.54, 1.807) is 13.0 Å². The lowest BCUT2D eigenvalue weighted by atomic mass is 9.95. The smallest absolute Gasteiger partial charge is 0.336 e. The van der Waals surface area contributed by atoms with Crippen molar-refractivity contribution in [3.8, 4) is 0 Å². The van der Waals surface area contributed by atoms with Crippen LogP contribution in [-0.2, 0) is 23.8 Å². The number of amides is 1. The quantitative estimate of drug-likeness (QED) is 0.639. The molecule has 6 nitrogen and oxygen atoms in total. The Morgan fingerprint density at radius 3 is 2.89 bits per heavy atom. The molecule has 3 heterocycles. The lowest BCUT2D eigenvalue weighted by Crippen LogP contribution is -2.48. The molecular weight excluding hydrogens is 238 g/mol. The molecule has 1 amide bonds. The van der Waals surface area contributed by atoms with E-state index in [1.165, 1.54) is 11.0 Å². The summed E-state index contributed by atoms with van der Waals surface area (Å²) in [5, 5.41) is 0. The number of fused-ring (bicyclic) bond motifs is 1. The maximum atomic E-state index is 12.2. The zero-order chi connectivity index (χ0) is 12.8. The maximum Gasteiger partial charge on any atom is 0.336 e. The van der Waals surface area contributed by atoms with Crippen LogP contribution in [-0.4, -0.2) is 54.5 Å². The third-order valence-electron chi connectivity index (χ3n) is 3.63. The summed E-state index contributed by atoms with van der Waals surface area (Å²) in [6.07, 6.45) is 3.33. The molecule has 0 aromatic heterocycles. The Kier molecular flexibility index (Phi) is 2.46. The van der Waals surface area contributed by atoms with Crippen molar-refractivity contribution in [2.24, 2.45) is 0 Å². The van der Waals surface area contributed by atoms with E-state index in [0.29, 0.717) is 19.6 Å².